The second-order valence-corrected chi connectivity index (χ2v) is 9.68. The molecule has 0 aliphatic carbocycles. The number of carbonyl (C=O) groups excluding carboxylic acids is 1. The molecular formula is C20H19N3OS3. The number of thiazole rings is 1. The van der Waals surface area contributed by atoms with Crippen LogP contribution in [0.15, 0.2) is 52.2 Å². The van der Waals surface area contributed by atoms with E-state index in [1.807, 2.05) is 52.9 Å². The third-order valence-corrected chi connectivity index (χ3v) is 7.12. The molecule has 1 atom stereocenters. The number of aryl methyl sites for hydroxylation is 1. The van der Waals surface area contributed by atoms with E-state index >= 15 is 0 Å². The molecule has 3 aromatic rings. The lowest BCUT2D eigenvalue weighted by Gasteiger charge is -2.15. The first kappa shape index (κ1) is 18.4. The van der Waals surface area contributed by atoms with Crippen LogP contribution in [0.1, 0.15) is 18.2 Å². The first-order valence-electron chi connectivity index (χ1n) is 8.69. The van der Waals surface area contributed by atoms with E-state index in [1.54, 1.807) is 34.4 Å². The van der Waals surface area contributed by atoms with Gasteiger partial charge in [-0.25, -0.2) is 9.98 Å². The second-order valence-electron chi connectivity index (χ2n) is 6.46. The molecule has 1 saturated heterocycles. The number of thiophene rings is 1. The standard InChI is InChI=1S/C20H19N3OS3/c1-13-5-3-6-15(9-13)22-20-23(11-14(2)27-20)18(24)10-16-12-26-19(21-16)17-7-4-8-25-17/h3-9,12,14H,10-11H2,1-2H3. The Balaban J connectivity index is 1.51. The Bertz CT molecular complexity index is 978. The number of amidine groups is 1. The molecule has 1 aliphatic rings. The van der Waals surface area contributed by atoms with E-state index in [9.17, 15) is 4.79 Å². The van der Waals surface area contributed by atoms with Gasteiger partial charge in [0.1, 0.15) is 5.01 Å². The van der Waals surface area contributed by atoms with E-state index in [2.05, 4.69) is 18.0 Å². The van der Waals surface area contributed by atoms with Crippen LogP contribution in [0.25, 0.3) is 9.88 Å². The SMILES string of the molecule is Cc1cccc(N=C2SC(C)CN2C(=O)Cc2csc(-c3cccs3)n2)c1. The van der Waals surface area contributed by atoms with E-state index in [0.29, 0.717) is 18.2 Å². The Morgan fingerprint density at radius 2 is 2.19 bits per heavy atom. The lowest BCUT2D eigenvalue weighted by atomic mass is 10.2. The maximum absolute atomic E-state index is 12.9. The Labute approximate surface area is 171 Å². The summed E-state index contributed by atoms with van der Waals surface area (Å²) in [7, 11) is 0. The van der Waals surface area contributed by atoms with Crippen LogP contribution in [-0.4, -0.2) is 32.8 Å². The highest BCUT2D eigenvalue weighted by Crippen LogP contribution is 2.30. The Morgan fingerprint density at radius 3 is 2.96 bits per heavy atom. The summed E-state index contributed by atoms with van der Waals surface area (Å²) in [5.41, 5.74) is 2.88. The van der Waals surface area contributed by atoms with Gasteiger partial charge in [0.15, 0.2) is 5.17 Å². The summed E-state index contributed by atoms with van der Waals surface area (Å²) in [6.07, 6.45) is 0.308. The summed E-state index contributed by atoms with van der Waals surface area (Å²) >= 11 is 4.91. The fourth-order valence-corrected chi connectivity index (χ4v) is 5.55. The maximum atomic E-state index is 12.9. The number of benzene rings is 1. The molecule has 27 heavy (non-hydrogen) atoms. The highest BCUT2D eigenvalue weighted by atomic mass is 32.2. The molecule has 0 N–H and O–H groups in total. The number of carbonyl (C=O) groups is 1. The van der Waals surface area contributed by atoms with Crippen molar-refractivity contribution in [2.75, 3.05) is 6.54 Å². The lowest BCUT2D eigenvalue weighted by molar-refractivity contribution is -0.126. The van der Waals surface area contributed by atoms with E-state index in [0.717, 1.165) is 32.0 Å². The van der Waals surface area contributed by atoms with Crippen LogP contribution in [0.4, 0.5) is 5.69 Å². The van der Waals surface area contributed by atoms with Crippen molar-refractivity contribution in [1.29, 1.82) is 0 Å². The Kier molecular flexibility index (Phi) is 5.43. The van der Waals surface area contributed by atoms with Crippen LogP contribution in [-0.2, 0) is 11.2 Å². The number of aromatic nitrogens is 1. The van der Waals surface area contributed by atoms with Crippen molar-refractivity contribution < 1.29 is 4.79 Å². The Hall–Kier alpha value is -1.96. The van der Waals surface area contributed by atoms with Gasteiger partial charge in [0.2, 0.25) is 5.91 Å². The zero-order chi connectivity index (χ0) is 18.8. The molecular weight excluding hydrogens is 394 g/mol. The van der Waals surface area contributed by atoms with E-state index in [4.69, 9.17) is 4.99 Å². The summed E-state index contributed by atoms with van der Waals surface area (Å²) in [4.78, 5) is 25.2. The number of rotatable bonds is 4. The van der Waals surface area contributed by atoms with Gasteiger partial charge in [0, 0.05) is 17.2 Å². The van der Waals surface area contributed by atoms with Crippen LogP contribution < -0.4 is 0 Å². The molecule has 4 rings (SSSR count). The third-order valence-electron chi connectivity index (χ3n) is 4.12. The number of hydrogen-bond donors (Lipinski definition) is 0. The average molecular weight is 414 g/mol. The van der Waals surface area contributed by atoms with E-state index in [-0.39, 0.29) is 5.91 Å². The van der Waals surface area contributed by atoms with Crippen molar-refractivity contribution in [2.24, 2.45) is 4.99 Å². The fourth-order valence-electron chi connectivity index (χ4n) is 2.87. The van der Waals surface area contributed by atoms with Gasteiger partial charge in [-0.2, -0.15) is 0 Å². The zero-order valence-electron chi connectivity index (χ0n) is 15.1. The van der Waals surface area contributed by atoms with Crippen molar-refractivity contribution in [3.05, 3.63) is 58.4 Å². The topological polar surface area (TPSA) is 45.6 Å². The van der Waals surface area contributed by atoms with Gasteiger partial charge in [0.05, 0.1) is 22.7 Å². The van der Waals surface area contributed by atoms with E-state index < -0.39 is 0 Å². The predicted octanol–water partition coefficient (Wildman–Crippen LogP) is 5.37. The fraction of sp³-hybridized carbons (Fsp3) is 0.250. The highest BCUT2D eigenvalue weighted by Gasteiger charge is 2.31. The number of thioether (sulfide) groups is 1. The smallest absolute Gasteiger partial charge is 0.234 e. The minimum absolute atomic E-state index is 0.0567. The first-order chi connectivity index (χ1) is 13.1. The summed E-state index contributed by atoms with van der Waals surface area (Å²) in [5.74, 6) is 0.0567. The zero-order valence-corrected chi connectivity index (χ0v) is 17.5. The van der Waals surface area contributed by atoms with Crippen LogP contribution in [0, 0.1) is 6.92 Å². The van der Waals surface area contributed by atoms with Crippen molar-refractivity contribution in [2.45, 2.75) is 25.5 Å². The van der Waals surface area contributed by atoms with Crippen LogP contribution in [0.2, 0.25) is 0 Å². The van der Waals surface area contributed by atoms with Gasteiger partial charge in [-0.05, 0) is 36.1 Å². The van der Waals surface area contributed by atoms with Gasteiger partial charge >= 0.3 is 0 Å². The lowest BCUT2D eigenvalue weighted by Crippen LogP contribution is -2.33. The summed E-state index contributed by atoms with van der Waals surface area (Å²) < 4.78 is 0. The van der Waals surface area contributed by atoms with Gasteiger partial charge in [0.25, 0.3) is 0 Å². The molecule has 1 aromatic carbocycles. The number of amides is 1. The third kappa shape index (κ3) is 4.31. The predicted molar refractivity (Wildman–Crippen MR) is 116 cm³/mol. The quantitative estimate of drug-likeness (QED) is 0.577. The molecule has 3 heterocycles. The molecule has 0 bridgehead atoms. The number of nitrogens with zero attached hydrogens (tertiary/aromatic N) is 3. The largest absolute Gasteiger partial charge is 0.290 e. The van der Waals surface area contributed by atoms with Crippen LogP contribution in [0.3, 0.4) is 0 Å². The summed E-state index contributed by atoms with van der Waals surface area (Å²) in [5, 5.41) is 6.13. The number of hydrogen-bond acceptors (Lipinski definition) is 6. The normalized spacial score (nSPS) is 18.4. The van der Waals surface area contributed by atoms with Crippen LogP contribution in [0.5, 0.6) is 0 Å². The highest BCUT2D eigenvalue weighted by molar-refractivity contribution is 8.14. The molecule has 1 amide bonds. The van der Waals surface area contributed by atoms with Crippen molar-refractivity contribution in [3.8, 4) is 9.88 Å². The van der Waals surface area contributed by atoms with Gasteiger partial charge < -0.3 is 0 Å². The molecule has 0 radical (unpaired) electrons. The molecule has 1 fully saturated rings. The summed E-state index contributed by atoms with van der Waals surface area (Å²) in [6, 6.07) is 12.1. The summed E-state index contributed by atoms with van der Waals surface area (Å²) in [6.45, 7) is 4.86. The Morgan fingerprint density at radius 1 is 1.30 bits per heavy atom. The minimum Gasteiger partial charge on any atom is -0.290 e. The average Bonchev–Trinajstić information content (AvgIpc) is 3.35. The van der Waals surface area contributed by atoms with Gasteiger partial charge in [-0.1, -0.05) is 36.9 Å². The second kappa shape index (κ2) is 7.96. The maximum Gasteiger partial charge on any atom is 0.234 e. The monoisotopic (exact) mass is 413 g/mol. The molecule has 1 unspecified atom stereocenters. The molecule has 7 heteroatoms. The minimum atomic E-state index is 0.0567. The molecule has 0 spiro atoms. The van der Waals surface area contributed by atoms with Crippen molar-refractivity contribution >= 4 is 51.2 Å². The van der Waals surface area contributed by atoms with Crippen molar-refractivity contribution in [1.82, 2.24) is 9.88 Å². The van der Waals surface area contributed by atoms with E-state index in [1.165, 1.54) is 0 Å². The van der Waals surface area contributed by atoms with Gasteiger partial charge in [-0.15, -0.1) is 22.7 Å². The van der Waals surface area contributed by atoms with Gasteiger partial charge in [-0.3, -0.25) is 9.69 Å². The molecule has 1 aliphatic heterocycles. The number of aliphatic imine (C=N–C) groups is 1. The molecule has 138 valence electrons. The van der Waals surface area contributed by atoms with Crippen molar-refractivity contribution in [3.63, 3.8) is 0 Å². The molecule has 2 aromatic heterocycles. The van der Waals surface area contributed by atoms with Crippen LogP contribution >= 0.6 is 34.4 Å². The first-order valence-corrected chi connectivity index (χ1v) is 11.3. The molecule has 4 nitrogen and oxygen atoms in total. The molecule has 0 saturated carbocycles.